The standard InChI is InChI=1S/C23H24F3N7/c1-13-8-20(28-12-27-13)31-10-14-2-3-15(11-31)16(14)9-19-29-23-32(6-7-33(23)30-19)18-5-4-17(24)21(25)22(18)26/h4-5,8,12,14-16H,2-3,6-7,9-11H2,1H3/t14-,15+,16?. The fourth-order valence-electron chi connectivity index (χ4n) is 5.74. The van der Waals surface area contributed by atoms with Crippen molar-refractivity contribution in [2.45, 2.75) is 32.7 Å². The lowest BCUT2D eigenvalue weighted by Crippen LogP contribution is -2.43. The van der Waals surface area contributed by atoms with Crippen molar-refractivity contribution in [3.63, 3.8) is 0 Å². The number of rotatable bonds is 4. The van der Waals surface area contributed by atoms with Crippen LogP contribution in [0.25, 0.3) is 0 Å². The van der Waals surface area contributed by atoms with Gasteiger partial charge in [-0.3, -0.25) is 0 Å². The summed E-state index contributed by atoms with van der Waals surface area (Å²) in [6.07, 6.45) is 4.74. The van der Waals surface area contributed by atoms with Crippen LogP contribution in [-0.2, 0) is 13.0 Å². The number of hydrogen-bond acceptors (Lipinski definition) is 6. The number of anilines is 3. The van der Waals surface area contributed by atoms with Gasteiger partial charge in [0.05, 0.1) is 12.2 Å². The first kappa shape index (κ1) is 20.4. The van der Waals surface area contributed by atoms with E-state index in [1.807, 2.05) is 13.0 Å². The van der Waals surface area contributed by atoms with Gasteiger partial charge in [0.1, 0.15) is 12.1 Å². The van der Waals surface area contributed by atoms with Gasteiger partial charge in [0, 0.05) is 37.8 Å². The van der Waals surface area contributed by atoms with E-state index in [4.69, 9.17) is 0 Å². The van der Waals surface area contributed by atoms with Gasteiger partial charge in [-0.1, -0.05) is 0 Å². The molecule has 33 heavy (non-hydrogen) atoms. The third-order valence-corrected chi connectivity index (χ3v) is 7.34. The van der Waals surface area contributed by atoms with Gasteiger partial charge >= 0.3 is 0 Å². The van der Waals surface area contributed by atoms with E-state index < -0.39 is 17.5 Å². The molecule has 2 aliphatic heterocycles. The number of fused-ring (bicyclic) bond motifs is 3. The molecule has 1 aliphatic carbocycles. The zero-order valence-electron chi connectivity index (χ0n) is 18.3. The Balaban J connectivity index is 1.20. The van der Waals surface area contributed by atoms with Crippen molar-refractivity contribution < 1.29 is 13.2 Å². The highest BCUT2D eigenvalue weighted by atomic mass is 19.2. The molecule has 0 spiro atoms. The molecule has 7 nitrogen and oxygen atoms in total. The number of aryl methyl sites for hydroxylation is 1. The highest BCUT2D eigenvalue weighted by Gasteiger charge is 2.43. The van der Waals surface area contributed by atoms with Crippen LogP contribution in [-0.4, -0.2) is 44.4 Å². The smallest absolute Gasteiger partial charge is 0.228 e. The van der Waals surface area contributed by atoms with E-state index in [2.05, 4.69) is 25.0 Å². The minimum atomic E-state index is -1.46. The summed E-state index contributed by atoms with van der Waals surface area (Å²) in [5.74, 6) is -0.0963. The zero-order valence-corrected chi connectivity index (χ0v) is 18.3. The zero-order chi connectivity index (χ0) is 22.7. The number of halogens is 3. The lowest BCUT2D eigenvalue weighted by Gasteiger charge is -2.38. The molecule has 6 rings (SSSR count). The van der Waals surface area contributed by atoms with E-state index in [0.29, 0.717) is 36.8 Å². The first-order valence-electron chi connectivity index (χ1n) is 11.4. The second-order valence-electron chi connectivity index (χ2n) is 9.29. The summed E-state index contributed by atoms with van der Waals surface area (Å²) in [5.41, 5.74) is 0.952. The SMILES string of the molecule is Cc1cc(N2C[C@H]3CC[C@@H](C2)C3Cc2nc3n(n2)CCN3c2ccc(F)c(F)c2F)ncn1. The second kappa shape index (κ2) is 7.71. The lowest BCUT2D eigenvalue weighted by molar-refractivity contribution is 0.264. The number of aromatic nitrogens is 5. The minimum absolute atomic E-state index is 0.0138. The van der Waals surface area contributed by atoms with Gasteiger partial charge in [0.25, 0.3) is 0 Å². The summed E-state index contributed by atoms with van der Waals surface area (Å²) in [6, 6.07) is 4.23. The van der Waals surface area contributed by atoms with Crippen molar-refractivity contribution in [1.29, 1.82) is 0 Å². The molecule has 0 radical (unpaired) electrons. The fraction of sp³-hybridized carbons (Fsp3) is 0.478. The van der Waals surface area contributed by atoms with Crippen molar-refractivity contribution in [3.05, 3.63) is 53.5 Å². The normalized spacial score (nSPS) is 23.9. The van der Waals surface area contributed by atoms with Crippen LogP contribution in [0.3, 0.4) is 0 Å². The quantitative estimate of drug-likeness (QED) is 0.560. The number of piperidine rings is 1. The first-order valence-corrected chi connectivity index (χ1v) is 11.4. The van der Waals surface area contributed by atoms with E-state index in [1.54, 1.807) is 15.9 Å². The fourth-order valence-corrected chi connectivity index (χ4v) is 5.74. The van der Waals surface area contributed by atoms with Gasteiger partial charge < -0.3 is 9.80 Å². The molecule has 3 aliphatic rings. The molecule has 2 fully saturated rings. The Hall–Kier alpha value is -3.17. The first-order chi connectivity index (χ1) is 16.0. The molecule has 2 aromatic heterocycles. The lowest BCUT2D eigenvalue weighted by atomic mass is 9.82. The Kier molecular flexibility index (Phi) is 4.77. The average Bonchev–Trinajstić information content (AvgIpc) is 3.43. The van der Waals surface area contributed by atoms with Crippen molar-refractivity contribution >= 4 is 17.5 Å². The number of nitrogens with zero attached hydrogens (tertiary/aromatic N) is 7. The summed E-state index contributed by atoms with van der Waals surface area (Å²) >= 11 is 0. The largest absolute Gasteiger partial charge is 0.356 e. The molecule has 1 aromatic carbocycles. The van der Waals surface area contributed by atoms with Crippen molar-refractivity contribution in [1.82, 2.24) is 24.7 Å². The van der Waals surface area contributed by atoms with Gasteiger partial charge in [0.15, 0.2) is 23.3 Å². The molecule has 1 saturated heterocycles. The predicted octanol–water partition coefficient (Wildman–Crippen LogP) is 3.65. The summed E-state index contributed by atoms with van der Waals surface area (Å²) < 4.78 is 43.2. The van der Waals surface area contributed by atoms with E-state index in [1.165, 1.54) is 18.9 Å². The van der Waals surface area contributed by atoms with E-state index >= 15 is 0 Å². The molecule has 0 amide bonds. The Morgan fingerprint density at radius 2 is 1.79 bits per heavy atom. The third kappa shape index (κ3) is 3.43. The van der Waals surface area contributed by atoms with Crippen LogP contribution in [0.1, 0.15) is 24.4 Å². The Morgan fingerprint density at radius 1 is 1.00 bits per heavy atom. The average molecular weight is 455 g/mol. The number of benzene rings is 1. The molecule has 3 aromatic rings. The van der Waals surface area contributed by atoms with Crippen LogP contribution >= 0.6 is 0 Å². The van der Waals surface area contributed by atoms with Gasteiger partial charge in [-0.2, -0.15) is 10.1 Å². The van der Waals surface area contributed by atoms with Crippen molar-refractivity contribution in [2.75, 3.05) is 29.4 Å². The van der Waals surface area contributed by atoms with Crippen LogP contribution in [0.2, 0.25) is 0 Å². The van der Waals surface area contributed by atoms with Gasteiger partial charge in [-0.15, -0.1) is 0 Å². The maximum atomic E-state index is 14.4. The maximum Gasteiger partial charge on any atom is 0.228 e. The molecular weight excluding hydrogens is 431 g/mol. The summed E-state index contributed by atoms with van der Waals surface area (Å²) in [7, 11) is 0. The highest BCUT2D eigenvalue weighted by Crippen LogP contribution is 2.44. The molecule has 1 saturated carbocycles. The maximum absolute atomic E-state index is 14.4. The summed E-state index contributed by atoms with van der Waals surface area (Å²) in [5, 5.41) is 4.66. The Morgan fingerprint density at radius 3 is 2.55 bits per heavy atom. The highest BCUT2D eigenvalue weighted by molar-refractivity contribution is 5.60. The molecule has 3 atom stereocenters. The third-order valence-electron chi connectivity index (χ3n) is 7.34. The van der Waals surface area contributed by atoms with Gasteiger partial charge in [0.2, 0.25) is 5.95 Å². The van der Waals surface area contributed by atoms with Crippen molar-refractivity contribution in [3.8, 4) is 0 Å². The van der Waals surface area contributed by atoms with Gasteiger partial charge in [-0.05, 0) is 49.7 Å². The Bertz CT molecular complexity index is 1200. The molecule has 0 N–H and O–H groups in total. The van der Waals surface area contributed by atoms with Crippen molar-refractivity contribution in [2.24, 2.45) is 17.8 Å². The molecule has 4 heterocycles. The number of hydrogen-bond donors (Lipinski definition) is 0. The summed E-state index contributed by atoms with van der Waals surface area (Å²) in [6.45, 7) is 4.83. The monoisotopic (exact) mass is 455 g/mol. The minimum Gasteiger partial charge on any atom is -0.356 e. The van der Waals surface area contributed by atoms with Crippen LogP contribution in [0.15, 0.2) is 24.5 Å². The molecular formula is C23H24F3N7. The topological polar surface area (TPSA) is 63.0 Å². The van der Waals surface area contributed by atoms with Crippen LogP contribution in [0.5, 0.6) is 0 Å². The van der Waals surface area contributed by atoms with Gasteiger partial charge in [-0.25, -0.2) is 27.8 Å². The molecule has 2 bridgehead atoms. The summed E-state index contributed by atoms with van der Waals surface area (Å²) in [4.78, 5) is 17.3. The van der Waals surface area contributed by atoms with Crippen LogP contribution in [0, 0.1) is 42.1 Å². The molecule has 10 heteroatoms. The van der Waals surface area contributed by atoms with E-state index in [0.717, 1.165) is 42.9 Å². The Labute approximate surface area is 189 Å². The predicted molar refractivity (Wildman–Crippen MR) is 116 cm³/mol. The van der Waals surface area contributed by atoms with E-state index in [-0.39, 0.29) is 5.69 Å². The van der Waals surface area contributed by atoms with Crippen LogP contribution < -0.4 is 9.80 Å². The molecule has 172 valence electrons. The molecule has 1 unspecified atom stereocenters. The van der Waals surface area contributed by atoms with Crippen LogP contribution in [0.4, 0.5) is 30.6 Å². The second-order valence-corrected chi connectivity index (χ2v) is 9.29. The van der Waals surface area contributed by atoms with E-state index in [9.17, 15) is 13.2 Å².